The van der Waals surface area contributed by atoms with Crippen LogP contribution in [0.15, 0.2) is 77.3 Å². The van der Waals surface area contributed by atoms with Crippen molar-refractivity contribution >= 4 is 41.2 Å². The number of allylic oxidation sites excluding steroid dienone is 1. The van der Waals surface area contributed by atoms with Crippen LogP contribution in [0.4, 0.5) is 23.2 Å². The maximum atomic E-state index is 13.1. The van der Waals surface area contributed by atoms with Crippen molar-refractivity contribution in [1.29, 1.82) is 0 Å². The average molecular weight is 553 g/mol. The smallest absolute Gasteiger partial charge is 0.255 e. The highest BCUT2D eigenvalue weighted by molar-refractivity contribution is 7.98. The molecule has 0 saturated carbocycles. The van der Waals surface area contributed by atoms with Crippen LogP contribution >= 0.6 is 23.4 Å². The lowest BCUT2D eigenvalue weighted by atomic mass is 10.1. The Morgan fingerprint density at radius 2 is 1.84 bits per heavy atom. The van der Waals surface area contributed by atoms with Gasteiger partial charge < -0.3 is 10.2 Å². The predicted octanol–water partition coefficient (Wildman–Crippen LogP) is 8.27. The lowest BCUT2D eigenvalue weighted by Gasteiger charge is -2.08. The molecule has 4 nitrogen and oxygen atoms in total. The van der Waals surface area contributed by atoms with E-state index in [1.807, 2.05) is 13.0 Å². The lowest BCUT2D eigenvalue weighted by molar-refractivity contribution is 0.102. The molecule has 0 saturated heterocycles. The van der Waals surface area contributed by atoms with Gasteiger partial charge in [-0.05, 0) is 54.5 Å². The van der Waals surface area contributed by atoms with Crippen LogP contribution < -0.4 is 5.32 Å². The highest BCUT2D eigenvalue weighted by Crippen LogP contribution is 2.26. The first-order valence-electron chi connectivity index (χ1n) is 10.9. The van der Waals surface area contributed by atoms with Crippen LogP contribution in [0.2, 0.25) is 5.02 Å². The predicted molar refractivity (Wildman–Crippen MR) is 141 cm³/mol. The molecule has 1 N–H and O–H groups in total. The summed E-state index contributed by atoms with van der Waals surface area (Å²) in [6.07, 6.45) is 6.23. The van der Waals surface area contributed by atoms with E-state index < -0.39 is 23.4 Å². The molecule has 196 valence electrons. The number of halogens is 5. The first-order valence-corrected chi connectivity index (χ1v) is 12.5. The van der Waals surface area contributed by atoms with Crippen molar-refractivity contribution in [3.05, 3.63) is 107 Å². The van der Waals surface area contributed by atoms with Crippen molar-refractivity contribution in [3.8, 4) is 0 Å². The van der Waals surface area contributed by atoms with Gasteiger partial charge in [0.1, 0.15) is 12.4 Å². The SMILES string of the molecule is C=CCC(C)/C=N/OCc1cccc(F)c1.CSc1cc(C(=O)Nc2cc(F)c(F)c(F)c2)ccc1Cl. The molecule has 1 unspecified atom stereocenters. The number of anilines is 1. The van der Waals surface area contributed by atoms with Gasteiger partial charge >= 0.3 is 0 Å². The number of thioether (sulfide) groups is 1. The standard InChI is InChI=1S/C14H9ClF3NOS.C13H16FNO/c1-21-12-4-7(2-3-9(12)15)14(20)19-8-5-10(16)13(18)11(17)6-8;1-3-5-11(2)9-15-16-10-12-6-4-7-13(14)8-12/h2-6H,1H3,(H,19,20);3-4,6-9,11H,1,5,10H2,2H3/b;15-9+. The maximum absolute atomic E-state index is 13.1. The Morgan fingerprint density at radius 3 is 2.46 bits per heavy atom. The molecule has 10 heteroatoms. The van der Waals surface area contributed by atoms with Crippen molar-refractivity contribution in [2.24, 2.45) is 11.1 Å². The second-order valence-corrected chi connectivity index (χ2v) is 8.97. The first kappa shape index (κ1) is 29.9. The van der Waals surface area contributed by atoms with Crippen molar-refractivity contribution < 1.29 is 27.2 Å². The number of hydrogen-bond donors (Lipinski definition) is 1. The molecule has 0 aliphatic carbocycles. The molecule has 3 aromatic carbocycles. The van der Waals surface area contributed by atoms with E-state index in [0.29, 0.717) is 28.0 Å². The Morgan fingerprint density at radius 1 is 1.14 bits per heavy atom. The summed E-state index contributed by atoms with van der Waals surface area (Å²) < 4.78 is 51.8. The monoisotopic (exact) mass is 552 g/mol. The molecule has 1 amide bonds. The van der Waals surface area contributed by atoms with E-state index in [-0.39, 0.29) is 23.7 Å². The summed E-state index contributed by atoms with van der Waals surface area (Å²) in [7, 11) is 0. The van der Waals surface area contributed by atoms with Crippen LogP contribution in [0.3, 0.4) is 0 Å². The number of hydrogen-bond acceptors (Lipinski definition) is 4. The fourth-order valence-electron chi connectivity index (χ4n) is 2.84. The van der Waals surface area contributed by atoms with Crippen LogP contribution in [0.5, 0.6) is 0 Å². The van der Waals surface area contributed by atoms with Gasteiger partial charge in [-0.15, -0.1) is 18.3 Å². The van der Waals surface area contributed by atoms with Gasteiger partial charge in [-0.25, -0.2) is 17.6 Å². The number of amides is 1. The zero-order chi connectivity index (χ0) is 27.4. The molecule has 0 radical (unpaired) electrons. The quantitative estimate of drug-likeness (QED) is 0.0725. The van der Waals surface area contributed by atoms with E-state index in [9.17, 15) is 22.4 Å². The number of benzene rings is 3. The summed E-state index contributed by atoms with van der Waals surface area (Å²) in [6.45, 7) is 5.95. The molecule has 0 aliphatic rings. The molecule has 3 aromatic rings. The Hall–Kier alpha value is -3.30. The summed E-state index contributed by atoms with van der Waals surface area (Å²) in [4.78, 5) is 17.8. The molecule has 37 heavy (non-hydrogen) atoms. The van der Waals surface area contributed by atoms with Gasteiger partial charge in [-0.1, -0.05) is 41.9 Å². The highest BCUT2D eigenvalue weighted by atomic mass is 35.5. The van der Waals surface area contributed by atoms with Gasteiger partial charge in [-0.3, -0.25) is 4.79 Å². The Kier molecular flexibility index (Phi) is 12.2. The number of nitrogens with zero attached hydrogens (tertiary/aromatic N) is 1. The topological polar surface area (TPSA) is 50.7 Å². The van der Waals surface area contributed by atoms with Crippen LogP contribution in [0, 0.1) is 29.2 Å². The molecule has 0 aromatic heterocycles. The van der Waals surface area contributed by atoms with Crippen molar-refractivity contribution in [2.45, 2.75) is 24.8 Å². The van der Waals surface area contributed by atoms with Crippen molar-refractivity contribution in [1.82, 2.24) is 0 Å². The van der Waals surface area contributed by atoms with Gasteiger partial charge in [0.05, 0.1) is 5.02 Å². The second-order valence-electron chi connectivity index (χ2n) is 7.72. The van der Waals surface area contributed by atoms with Crippen LogP contribution in [-0.4, -0.2) is 18.4 Å². The summed E-state index contributed by atoms with van der Waals surface area (Å²) in [6, 6.07) is 12.3. The van der Waals surface area contributed by atoms with E-state index >= 15 is 0 Å². The summed E-state index contributed by atoms with van der Waals surface area (Å²) in [5, 5.41) is 6.62. The number of oxime groups is 1. The minimum atomic E-state index is -1.58. The van der Waals surface area contributed by atoms with Gasteiger partial charge in [0, 0.05) is 34.5 Å². The maximum Gasteiger partial charge on any atom is 0.255 e. The van der Waals surface area contributed by atoms with Crippen LogP contribution in [-0.2, 0) is 11.4 Å². The van der Waals surface area contributed by atoms with E-state index in [1.54, 1.807) is 36.7 Å². The van der Waals surface area contributed by atoms with E-state index in [2.05, 4.69) is 17.1 Å². The molecule has 0 spiro atoms. The largest absolute Gasteiger partial charge is 0.391 e. The molecule has 0 aliphatic heterocycles. The number of nitrogens with one attached hydrogen (secondary N) is 1. The minimum Gasteiger partial charge on any atom is -0.391 e. The third-order valence-electron chi connectivity index (χ3n) is 4.70. The zero-order valence-electron chi connectivity index (χ0n) is 20.1. The normalized spacial score (nSPS) is 11.4. The van der Waals surface area contributed by atoms with Crippen molar-refractivity contribution in [3.63, 3.8) is 0 Å². The summed E-state index contributed by atoms with van der Waals surface area (Å²) in [5.41, 5.74) is 0.875. The van der Waals surface area contributed by atoms with Gasteiger partial charge in [0.15, 0.2) is 17.5 Å². The molecule has 1 atom stereocenters. The molecule has 0 heterocycles. The molecular weight excluding hydrogens is 528 g/mol. The third kappa shape index (κ3) is 9.93. The minimum absolute atomic E-state index is 0.169. The van der Waals surface area contributed by atoms with Crippen LogP contribution in [0.1, 0.15) is 29.3 Å². The third-order valence-corrected chi connectivity index (χ3v) is 5.92. The Labute approximate surface area is 222 Å². The van der Waals surface area contributed by atoms with Gasteiger partial charge in [0.25, 0.3) is 5.91 Å². The molecule has 0 fully saturated rings. The van der Waals surface area contributed by atoms with Crippen molar-refractivity contribution in [2.75, 3.05) is 11.6 Å². The van der Waals surface area contributed by atoms with Gasteiger partial charge in [-0.2, -0.15) is 0 Å². The number of carbonyl (C=O) groups is 1. The van der Waals surface area contributed by atoms with E-state index in [1.165, 1.54) is 30.0 Å². The highest BCUT2D eigenvalue weighted by Gasteiger charge is 2.14. The number of carbonyl (C=O) groups excluding carboxylic acids is 1. The molecule has 3 rings (SSSR count). The summed E-state index contributed by atoms with van der Waals surface area (Å²) in [5.74, 6) is -4.84. The second kappa shape index (κ2) is 15.1. The van der Waals surface area contributed by atoms with E-state index in [0.717, 1.165) is 12.0 Å². The number of rotatable bonds is 9. The average Bonchev–Trinajstić information content (AvgIpc) is 2.86. The van der Waals surface area contributed by atoms with Gasteiger partial charge in [0.2, 0.25) is 0 Å². The van der Waals surface area contributed by atoms with Crippen LogP contribution in [0.25, 0.3) is 0 Å². The Balaban J connectivity index is 0.000000271. The van der Waals surface area contributed by atoms with E-state index in [4.69, 9.17) is 16.4 Å². The first-order chi connectivity index (χ1) is 17.6. The zero-order valence-corrected chi connectivity index (χ0v) is 21.7. The lowest BCUT2D eigenvalue weighted by Crippen LogP contribution is -2.12. The molecular formula is C27H25ClF4N2O2S. The fourth-order valence-corrected chi connectivity index (χ4v) is 3.70. The molecule has 0 bridgehead atoms. The fraction of sp³-hybridized carbons (Fsp3) is 0.185. The summed E-state index contributed by atoms with van der Waals surface area (Å²) >= 11 is 7.29. The Bertz CT molecular complexity index is 1230.